The van der Waals surface area contributed by atoms with Crippen LogP contribution in [0.2, 0.25) is 0 Å². The molecule has 6 rings (SSSR count). The molecular weight excluding hydrogens is 532 g/mol. The Kier molecular flexibility index (Phi) is 9.04. The van der Waals surface area contributed by atoms with E-state index in [0.29, 0.717) is 32.2 Å². The van der Waals surface area contributed by atoms with Gasteiger partial charge in [0.25, 0.3) is 0 Å². The van der Waals surface area contributed by atoms with E-state index < -0.39 is 16.9 Å². The Balaban J connectivity index is 1.32. The number of rotatable bonds is 10. The van der Waals surface area contributed by atoms with Crippen molar-refractivity contribution in [1.82, 2.24) is 0 Å². The molecule has 212 valence electrons. The van der Waals surface area contributed by atoms with E-state index >= 15 is 0 Å². The first-order chi connectivity index (χ1) is 20.2. The maximum Gasteiger partial charge on any atom is 0.113 e. The van der Waals surface area contributed by atoms with Crippen LogP contribution in [-0.4, -0.2) is 34.9 Å². The maximum absolute atomic E-state index is 13.5. The summed E-state index contributed by atoms with van der Waals surface area (Å²) >= 11 is 0. The first kappa shape index (κ1) is 28.0. The van der Waals surface area contributed by atoms with E-state index in [1.807, 2.05) is 66.7 Å². The van der Waals surface area contributed by atoms with Gasteiger partial charge in [-0.05, 0) is 35.2 Å². The molecule has 5 nitrogen and oxygen atoms in total. The lowest BCUT2D eigenvalue weighted by molar-refractivity contribution is -0.244. The molecule has 1 saturated heterocycles. The van der Waals surface area contributed by atoms with Gasteiger partial charge in [0, 0.05) is 16.6 Å². The molecule has 0 radical (unpaired) electrons. The fourth-order valence-electron chi connectivity index (χ4n) is 5.80. The summed E-state index contributed by atoms with van der Waals surface area (Å²) in [5.41, 5.74) is 5.37. The van der Waals surface area contributed by atoms with Gasteiger partial charge < -0.3 is 18.9 Å². The van der Waals surface area contributed by atoms with Crippen molar-refractivity contribution in [3.63, 3.8) is 0 Å². The zero-order valence-electron chi connectivity index (χ0n) is 23.3. The van der Waals surface area contributed by atoms with E-state index in [-0.39, 0.29) is 24.2 Å². The summed E-state index contributed by atoms with van der Waals surface area (Å²) in [6.07, 6.45) is -1.37. The van der Waals surface area contributed by atoms with Gasteiger partial charge in [-0.25, -0.2) is 0 Å². The minimum absolute atomic E-state index is 0.125. The second-order valence-corrected chi connectivity index (χ2v) is 12.3. The predicted molar refractivity (Wildman–Crippen MR) is 160 cm³/mol. The maximum atomic E-state index is 13.5. The summed E-state index contributed by atoms with van der Waals surface area (Å²) in [6.45, 7) is 3.75. The summed E-state index contributed by atoms with van der Waals surface area (Å²) in [5.74, 6) is 0.336. The lowest BCUT2D eigenvalue weighted by Crippen LogP contribution is -2.57. The van der Waals surface area contributed by atoms with Crippen LogP contribution >= 0.6 is 0 Å². The molecule has 0 spiro atoms. The Bertz CT molecular complexity index is 1430. The average Bonchev–Trinajstić information content (AvgIpc) is 3.01. The van der Waals surface area contributed by atoms with Crippen molar-refractivity contribution in [2.75, 3.05) is 12.4 Å². The molecule has 1 fully saturated rings. The fraction of sp³-hybridized carbons (Fsp3) is 0.314. The van der Waals surface area contributed by atoms with Gasteiger partial charge in [-0.3, -0.25) is 4.21 Å². The Labute approximate surface area is 244 Å². The van der Waals surface area contributed by atoms with Crippen molar-refractivity contribution in [3.05, 3.63) is 137 Å². The van der Waals surface area contributed by atoms with Crippen molar-refractivity contribution in [3.8, 4) is 0 Å². The van der Waals surface area contributed by atoms with Crippen molar-refractivity contribution >= 4 is 10.8 Å². The first-order valence-electron chi connectivity index (χ1n) is 14.2. The van der Waals surface area contributed by atoms with Crippen LogP contribution in [0.1, 0.15) is 33.9 Å². The number of hydrogen-bond acceptors (Lipinski definition) is 5. The highest BCUT2D eigenvalue weighted by molar-refractivity contribution is 7.85. The monoisotopic (exact) mass is 568 g/mol. The average molecular weight is 569 g/mol. The molecule has 0 aliphatic carbocycles. The van der Waals surface area contributed by atoms with Crippen LogP contribution in [0.5, 0.6) is 0 Å². The van der Waals surface area contributed by atoms with E-state index in [9.17, 15) is 4.21 Å². The highest BCUT2D eigenvalue weighted by Crippen LogP contribution is 2.46. The molecule has 4 aromatic carbocycles. The third-order valence-corrected chi connectivity index (χ3v) is 9.40. The van der Waals surface area contributed by atoms with Crippen LogP contribution in [0, 0.1) is 12.8 Å². The minimum atomic E-state index is -1.15. The van der Waals surface area contributed by atoms with Gasteiger partial charge in [0.05, 0.1) is 49.4 Å². The molecule has 2 aliphatic rings. The molecule has 0 N–H and O–H groups in total. The molecule has 0 amide bonds. The Hall–Kier alpha value is -3.13. The van der Waals surface area contributed by atoms with Gasteiger partial charge in [-0.15, -0.1) is 0 Å². The largest absolute Gasteiger partial charge is 0.374 e. The highest BCUT2D eigenvalue weighted by atomic mass is 32.2. The minimum Gasteiger partial charge on any atom is -0.374 e. The van der Waals surface area contributed by atoms with Crippen LogP contribution in [0.15, 0.2) is 114 Å². The quantitative estimate of drug-likeness (QED) is 0.217. The summed E-state index contributed by atoms with van der Waals surface area (Å²) in [6, 6.07) is 36.6. The summed E-state index contributed by atoms with van der Waals surface area (Å²) < 4.78 is 40.0. The smallest absolute Gasteiger partial charge is 0.113 e. The van der Waals surface area contributed by atoms with Gasteiger partial charge in [0.15, 0.2) is 0 Å². The third kappa shape index (κ3) is 6.69. The van der Waals surface area contributed by atoms with Gasteiger partial charge in [-0.1, -0.05) is 109 Å². The first-order valence-corrected chi connectivity index (χ1v) is 15.5. The Morgan fingerprint density at radius 1 is 0.732 bits per heavy atom. The predicted octanol–water partition coefficient (Wildman–Crippen LogP) is 6.56. The van der Waals surface area contributed by atoms with Gasteiger partial charge >= 0.3 is 0 Å². The third-order valence-electron chi connectivity index (χ3n) is 7.85. The van der Waals surface area contributed by atoms with Crippen molar-refractivity contribution < 1.29 is 23.2 Å². The van der Waals surface area contributed by atoms with E-state index in [0.717, 1.165) is 32.7 Å². The molecular formula is C35H36O5S. The van der Waals surface area contributed by atoms with E-state index in [1.54, 1.807) is 0 Å². The normalized spacial score (nSPS) is 25.3. The molecule has 0 bridgehead atoms. The van der Waals surface area contributed by atoms with Gasteiger partial charge in [0.1, 0.15) is 12.2 Å². The molecule has 2 heterocycles. The summed E-state index contributed by atoms with van der Waals surface area (Å²) in [5, 5.41) is 0. The molecule has 0 unspecified atom stereocenters. The molecule has 0 aromatic heterocycles. The zero-order chi connectivity index (χ0) is 28.0. The molecule has 41 heavy (non-hydrogen) atoms. The molecule has 6 atom stereocenters. The lowest BCUT2D eigenvalue weighted by atomic mass is 9.83. The van der Waals surface area contributed by atoms with Crippen molar-refractivity contribution in [1.29, 1.82) is 0 Å². The van der Waals surface area contributed by atoms with E-state index in [1.165, 1.54) is 0 Å². The van der Waals surface area contributed by atoms with Gasteiger partial charge in [0.2, 0.25) is 0 Å². The van der Waals surface area contributed by atoms with Gasteiger partial charge in [-0.2, -0.15) is 0 Å². The topological polar surface area (TPSA) is 54.0 Å². The molecule has 4 aromatic rings. The Morgan fingerprint density at radius 3 is 1.90 bits per heavy atom. The van der Waals surface area contributed by atoms with Crippen molar-refractivity contribution in [2.24, 2.45) is 5.92 Å². The highest BCUT2D eigenvalue weighted by Gasteiger charge is 2.51. The van der Waals surface area contributed by atoms with Crippen LogP contribution in [0.3, 0.4) is 0 Å². The van der Waals surface area contributed by atoms with Crippen LogP contribution in [0.25, 0.3) is 0 Å². The molecule has 6 heteroatoms. The zero-order valence-corrected chi connectivity index (χ0v) is 24.1. The van der Waals surface area contributed by atoms with Crippen LogP contribution in [0.4, 0.5) is 0 Å². The number of aryl methyl sites for hydroxylation is 1. The SMILES string of the molecule is Cc1ccc2c(c1)[C@H]1O[C@H](COCc3ccccc3)[C@@H](OCc3ccccc3)[C@H](OCc3ccccc3)[C@H]1C[S@]2=O. The summed E-state index contributed by atoms with van der Waals surface area (Å²) in [4.78, 5) is 0.853. The molecule has 2 aliphatic heterocycles. The number of benzene rings is 4. The number of fused-ring (bicyclic) bond motifs is 3. The molecule has 0 saturated carbocycles. The fourth-order valence-corrected chi connectivity index (χ4v) is 7.35. The number of hydrogen-bond donors (Lipinski definition) is 0. The second kappa shape index (κ2) is 13.2. The van der Waals surface area contributed by atoms with E-state index in [4.69, 9.17) is 18.9 Å². The van der Waals surface area contributed by atoms with Crippen LogP contribution in [-0.2, 0) is 49.6 Å². The second-order valence-electron chi connectivity index (χ2n) is 10.8. The summed E-state index contributed by atoms with van der Waals surface area (Å²) in [7, 11) is -1.15. The lowest BCUT2D eigenvalue weighted by Gasteiger charge is -2.48. The van der Waals surface area contributed by atoms with E-state index in [2.05, 4.69) is 49.4 Å². The van der Waals surface area contributed by atoms with Crippen LogP contribution < -0.4 is 0 Å². The standard InChI is InChI=1S/C35H36O5S/c1-25-17-18-32-29(19-25)33-30(24-41(32)36)34(38-21-27-13-7-3-8-14-27)35(39-22-28-15-9-4-10-16-28)31(40-33)23-37-20-26-11-5-2-6-12-26/h2-19,30-31,33-35H,20-24H2,1H3/t30-,31+,33+,34+,35+,41+/m0/s1. The number of ether oxygens (including phenoxy) is 4. The van der Waals surface area contributed by atoms with Crippen molar-refractivity contribution in [2.45, 2.75) is 56.1 Å². The Morgan fingerprint density at radius 2 is 1.29 bits per heavy atom.